The summed E-state index contributed by atoms with van der Waals surface area (Å²) in [5.41, 5.74) is 0.479. The van der Waals surface area contributed by atoms with Crippen molar-refractivity contribution in [2.24, 2.45) is 0 Å². The van der Waals surface area contributed by atoms with Gasteiger partial charge in [-0.15, -0.1) is 0 Å². The topological polar surface area (TPSA) is 71.8 Å². The largest absolute Gasteiger partial charge is 0.531 e. The standard InChI is InChI=1S/C19H38N2O5Si3/c1-14-12-21(19(22)20-18(14)26-29(8,9)10)17-11-15(25-28(5,6)7)16(24-17)13-23-27(2,3)4/h12,15-17H,11,13H2,1-10H3. The molecule has 0 N–H and O–H groups in total. The Balaban J connectivity index is 2.25. The lowest BCUT2D eigenvalue weighted by Crippen LogP contribution is -2.40. The van der Waals surface area contributed by atoms with Gasteiger partial charge < -0.3 is 18.0 Å². The monoisotopic (exact) mass is 458 g/mol. The Bertz CT molecular complexity index is 765. The van der Waals surface area contributed by atoms with E-state index < -0.39 is 31.2 Å². The second kappa shape index (κ2) is 8.75. The van der Waals surface area contributed by atoms with Gasteiger partial charge in [-0.05, 0) is 65.8 Å². The van der Waals surface area contributed by atoms with E-state index in [9.17, 15) is 4.79 Å². The highest BCUT2D eigenvalue weighted by molar-refractivity contribution is 6.70. The zero-order valence-electron chi connectivity index (χ0n) is 19.7. The third kappa shape index (κ3) is 7.76. The van der Waals surface area contributed by atoms with Gasteiger partial charge in [-0.3, -0.25) is 4.57 Å². The first-order valence-corrected chi connectivity index (χ1v) is 20.5. The van der Waals surface area contributed by atoms with Crippen LogP contribution in [0, 0.1) is 6.92 Å². The van der Waals surface area contributed by atoms with E-state index in [1.54, 1.807) is 10.8 Å². The average molecular weight is 459 g/mol. The first-order valence-electron chi connectivity index (χ1n) is 10.3. The molecule has 1 fully saturated rings. The van der Waals surface area contributed by atoms with Gasteiger partial charge in [0.15, 0.2) is 16.6 Å². The summed E-state index contributed by atoms with van der Waals surface area (Å²) in [5.74, 6) is 0.428. The van der Waals surface area contributed by atoms with E-state index in [2.05, 4.69) is 63.9 Å². The van der Waals surface area contributed by atoms with Gasteiger partial charge in [0.2, 0.25) is 14.2 Å². The maximum absolute atomic E-state index is 12.7. The Morgan fingerprint density at radius 1 is 1.07 bits per heavy atom. The number of aromatic nitrogens is 2. The van der Waals surface area contributed by atoms with Crippen molar-refractivity contribution in [2.75, 3.05) is 6.61 Å². The van der Waals surface area contributed by atoms with Crippen molar-refractivity contribution in [1.82, 2.24) is 9.55 Å². The van der Waals surface area contributed by atoms with Crippen LogP contribution in [0.4, 0.5) is 0 Å². The third-order valence-corrected chi connectivity index (χ3v) is 7.02. The molecule has 0 aliphatic carbocycles. The Kier molecular flexibility index (Phi) is 7.39. The summed E-state index contributed by atoms with van der Waals surface area (Å²) in [4.78, 5) is 16.9. The van der Waals surface area contributed by atoms with Crippen LogP contribution in [-0.4, -0.2) is 53.3 Å². The summed E-state index contributed by atoms with van der Waals surface area (Å²) in [6.45, 7) is 21.6. The smallest absolute Gasteiger partial charge is 0.352 e. The van der Waals surface area contributed by atoms with E-state index in [1.165, 1.54) is 0 Å². The van der Waals surface area contributed by atoms with Crippen LogP contribution in [-0.2, 0) is 13.6 Å². The van der Waals surface area contributed by atoms with Gasteiger partial charge in [-0.25, -0.2) is 4.79 Å². The van der Waals surface area contributed by atoms with Crippen molar-refractivity contribution >= 4 is 25.0 Å². The van der Waals surface area contributed by atoms with Gasteiger partial charge in [-0.1, -0.05) is 0 Å². The molecule has 3 unspecified atom stereocenters. The number of nitrogens with zero attached hydrogens (tertiary/aromatic N) is 2. The van der Waals surface area contributed by atoms with Crippen LogP contribution >= 0.6 is 0 Å². The van der Waals surface area contributed by atoms with Gasteiger partial charge in [0.1, 0.15) is 12.3 Å². The fourth-order valence-corrected chi connectivity index (χ4v) is 5.69. The molecule has 0 saturated carbocycles. The molecule has 2 rings (SSSR count). The predicted octanol–water partition coefficient (Wildman–Crippen LogP) is 4.12. The van der Waals surface area contributed by atoms with Gasteiger partial charge in [0.25, 0.3) is 0 Å². The highest BCUT2D eigenvalue weighted by atomic mass is 28.4. The summed E-state index contributed by atoms with van der Waals surface area (Å²) < 4.78 is 26.3. The van der Waals surface area contributed by atoms with Crippen molar-refractivity contribution in [3.8, 4) is 5.88 Å². The van der Waals surface area contributed by atoms with Crippen LogP contribution < -0.4 is 10.1 Å². The zero-order chi connectivity index (χ0) is 22.2. The molecule has 1 saturated heterocycles. The van der Waals surface area contributed by atoms with Crippen molar-refractivity contribution in [3.63, 3.8) is 0 Å². The number of hydrogen-bond acceptors (Lipinski definition) is 6. The van der Waals surface area contributed by atoms with E-state index in [0.717, 1.165) is 5.56 Å². The molecular weight excluding hydrogens is 420 g/mol. The molecule has 1 aromatic rings. The minimum atomic E-state index is -1.85. The molecule has 0 amide bonds. The Morgan fingerprint density at radius 2 is 1.69 bits per heavy atom. The van der Waals surface area contributed by atoms with Crippen LogP contribution in [0.2, 0.25) is 58.9 Å². The molecule has 10 heteroatoms. The van der Waals surface area contributed by atoms with E-state index in [4.69, 9.17) is 18.0 Å². The Labute approximate surface area is 178 Å². The van der Waals surface area contributed by atoms with Crippen LogP contribution in [0.25, 0.3) is 0 Å². The molecule has 0 radical (unpaired) electrons. The third-order valence-electron chi connectivity index (χ3n) is 4.17. The molecule has 0 bridgehead atoms. The summed E-state index contributed by atoms with van der Waals surface area (Å²) in [5, 5.41) is 0. The van der Waals surface area contributed by atoms with E-state index in [-0.39, 0.29) is 17.9 Å². The second-order valence-corrected chi connectivity index (χ2v) is 24.1. The van der Waals surface area contributed by atoms with E-state index >= 15 is 0 Å². The summed E-state index contributed by atoms with van der Waals surface area (Å²) in [7, 11) is -5.30. The predicted molar refractivity (Wildman–Crippen MR) is 123 cm³/mol. The molecule has 2 heterocycles. The molecule has 0 aromatic carbocycles. The SMILES string of the molecule is Cc1cn(C2CC(O[Si](C)(C)C)C(CO[Si](C)(C)C)O2)c(=O)nc1O[Si](C)(C)C. The number of aryl methyl sites for hydroxylation is 1. The van der Waals surface area contributed by atoms with Crippen molar-refractivity contribution in [3.05, 3.63) is 22.2 Å². The normalized spacial score (nSPS) is 23.4. The maximum atomic E-state index is 12.7. The van der Waals surface area contributed by atoms with Crippen LogP contribution in [0.5, 0.6) is 5.88 Å². The lowest BCUT2D eigenvalue weighted by molar-refractivity contribution is -0.0397. The number of rotatable bonds is 8. The van der Waals surface area contributed by atoms with Gasteiger partial charge >= 0.3 is 5.69 Å². The van der Waals surface area contributed by atoms with Crippen molar-refractivity contribution in [1.29, 1.82) is 0 Å². The molecule has 29 heavy (non-hydrogen) atoms. The summed E-state index contributed by atoms with van der Waals surface area (Å²) >= 11 is 0. The van der Waals surface area contributed by atoms with Crippen molar-refractivity contribution in [2.45, 2.75) is 90.7 Å². The highest BCUT2D eigenvalue weighted by Gasteiger charge is 2.40. The van der Waals surface area contributed by atoms with E-state index in [0.29, 0.717) is 18.9 Å². The molecule has 3 atom stereocenters. The van der Waals surface area contributed by atoms with Crippen LogP contribution in [0.15, 0.2) is 11.0 Å². The Morgan fingerprint density at radius 3 is 2.21 bits per heavy atom. The first kappa shape index (κ1) is 24.5. The lowest BCUT2D eigenvalue weighted by Gasteiger charge is -2.28. The average Bonchev–Trinajstić information content (AvgIpc) is 2.87. The van der Waals surface area contributed by atoms with E-state index in [1.807, 2.05) is 6.92 Å². The molecular formula is C19H38N2O5Si3. The Hall–Kier alpha value is -0.789. The van der Waals surface area contributed by atoms with Crippen molar-refractivity contribution < 1.29 is 18.0 Å². The van der Waals surface area contributed by atoms with Gasteiger partial charge in [0.05, 0.1) is 12.7 Å². The summed E-state index contributed by atoms with van der Waals surface area (Å²) in [6, 6.07) is 0. The van der Waals surface area contributed by atoms with Gasteiger partial charge in [-0.2, -0.15) is 4.98 Å². The molecule has 166 valence electrons. The fraction of sp³-hybridized carbons (Fsp3) is 0.789. The van der Waals surface area contributed by atoms with Crippen LogP contribution in [0.1, 0.15) is 18.2 Å². The molecule has 1 aliphatic heterocycles. The minimum absolute atomic E-state index is 0.0897. The zero-order valence-corrected chi connectivity index (χ0v) is 22.7. The maximum Gasteiger partial charge on any atom is 0.352 e. The fourth-order valence-electron chi connectivity index (χ4n) is 3.08. The second-order valence-electron chi connectivity index (χ2n) is 10.7. The molecule has 1 aromatic heterocycles. The molecule has 1 aliphatic rings. The lowest BCUT2D eigenvalue weighted by atomic mass is 10.2. The summed E-state index contributed by atoms with van der Waals surface area (Å²) in [6.07, 6.45) is 1.71. The van der Waals surface area contributed by atoms with Gasteiger partial charge in [0, 0.05) is 18.2 Å². The highest BCUT2D eigenvalue weighted by Crippen LogP contribution is 2.33. The molecule has 7 nitrogen and oxygen atoms in total. The minimum Gasteiger partial charge on any atom is -0.531 e. The van der Waals surface area contributed by atoms with Crippen LogP contribution in [0.3, 0.4) is 0 Å². The number of hydrogen-bond donors (Lipinski definition) is 0. The quantitative estimate of drug-likeness (QED) is 0.546. The first-order chi connectivity index (χ1) is 13.0. The number of ether oxygens (including phenoxy) is 1. The molecule has 0 spiro atoms.